The molecule has 1 rings (SSSR count). The number of hydrogen-bond acceptors (Lipinski definition) is 7. The summed E-state index contributed by atoms with van der Waals surface area (Å²) < 4.78 is 0. The average Bonchev–Trinajstić information content (AvgIpc) is 2.80. The zero-order chi connectivity index (χ0) is 26.7. The molecule has 0 saturated carbocycles. The van der Waals surface area contributed by atoms with Crippen LogP contribution in [-0.2, 0) is 30.4 Å². The fourth-order valence-electron chi connectivity index (χ4n) is 3.06. The van der Waals surface area contributed by atoms with E-state index in [0.29, 0.717) is 12.0 Å². The van der Waals surface area contributed by atoms with E-state index in [-0.39, 0.29) is 30.9 Å². The van der Waals surface area contributed by atoms with Gasteiger partial charge in [-0.05, 0) is 37.0 Å². The molecule has 0 fully saturated rings. The lowest BCUT2D eigenvalue weighted by Crippen LogP contribution is -2.58. The Kier molecular flexibility index (Phi) is 11.7. The summed E-state index contributed by atoms with van der Waals surface area (Å²) in [6.07, 6.45) is 0.261. The van der Waals surface area contributed by atoms with Crippen LogP contribution in [0.5, 0.6) is 5.75 Å². The molecule has 12 nitrogen and oxygen atoms in total. The van der Waals surface area contributed by atoms with E-state index in [0.717, 1.165) is 0 Å². The normalized spacial score (nSPS) is 15.1. The minimum atomic E-state index is -1.27. The van der Waals surface area contributed by atoms with E-state index >= 15 is 0 Å². The van der Waals surface area contributed by atoms with Crippen LogP contribution in [0.2, 0.25) is 0 Å². The Labute approximate surface area is 203 Å². The monoisotopic (exact) mass is 493 g/mol. The van der Waals surface area contributed by atoms with Crippen molar-refractivity contribution < 1.29 is 34.2 Å². The van der Waals surface area contributed by atoms with Crippen molar-refractivity contribution in [3.63, 3.8) is 0 Å². The Balaban J connectivity index is 3.12. The molecular weight excluding hydrogens is 458 g/mol. The van der Waals surface area contributed by atoms with Gasteiger partial charge in [-0.1, -0.05) is 32.4 Å². The van der Waals surface area contributed by atoms with Gasteiger partial charge < -0.3 is 37.6 Å². The van der Waals surface area contributed by atoms with E-state index in [9.17, 15) is 29.1 Å². The number of carbonyl (C=O) groups is 5. The number of phenols is 1. The maximum absolute atomic E-state index is 13.1. The van der Waals surface area contributed by atoms with Gasteiger partial charge in [0.15, 0.2) is 0 Å². The molecular formula is C23H35N5O7. The third kappa shape index (κ3) is 10.0. The molecule has 0 spiro atoms. The summed E-state index contributed by atoms with van der Waals surface area (Å²) in [7, 11) is 0. The van der Waals surface area contributed by atoms with Crippen molar-refractivity contribution in [2.75, 3.05) is 0 Å². The lowest BCUT2D eigenvalue weighted by Gasteiger charge is -2.25. The number of nitrogens with one attached hydrogen (secondary N) is 3. The number of carboxylic acids is 1. The molecule has 5 unspecified atom stereocenters. The number of aliphatic carboxylic acids is 1. The second-order valence-electron chi connectivity index (χ2n) is 8.48. The van der Waals surface area contributed by atoms with E-state index in [1.807, 2.05) is 6.92 Å². The summed E-state index contributed by atoms with van der Waals surface area (Å²) in [5.74, 6) is -4.24. The molecule has 0 aliphatic heterocycles. The maximum atomic E-state index is 13.1. The number of nitrogens with two attached hydrogens (primary N) is 2. The van der Waals surface area contributed by atoms with Gasteiger partial charge in [-0.25, -0.2) is 0 Å². The first-order chi connectivity index (χ1) is 16.3. The van der Waals surface area contributed by atoms with Crippen LogP contribution in [-0.4, -0.2) is 64.0 Å². The highest BCUT2D eigenvalue weighted by atomic mass is 16.4. The largest absolute Gasteiger partial charge is 0.508 e. The topological polar surface area (TPSA) is 214 Å². The molecule has 0 aliphatic rings. The Bertz CT molecular complexity index is 906. The summed E-state index contributed by atoms with van der Waals surface area (Å²) in [5.41, 5.74) is 11.7. The highest BCUT2D eigenvalue weighted by Gasteiger charge is 2.30. The van der Waals surface area contributed by atoms with Gasteiger partial charge in [0.25, 0.3) is 0 Å². The summed E-state index contributed by atoms with van der Waals surface area (Å²) in [6.45, 7) is 4.91. The lowest BCUT2D eigenvalue weighted by molar-refractivity contribution is -0.141. The van der Waals surface area contributed by atoms with Gasteiger partial charge >= 0.3 is 5.97 Å². The molecule has 0 saturated heterocycles. The Morgan fingerprint density at radius 2 is 1.46 bits per heavy atom. The van der Waals surface area contributed by atoms with Gasteiger partial charge in [-0.15, -0.1) is 0 Å². The summed E-state index contributed by atoms with van der Waals surface area (Å²) in [4.78, 5) is 60.9. The van der Waals surface area contributed by atoms with Crippen molar-refractivity contribution in [3.05, 3.63) is 29.8 Å². The number of hydrogen-bond donors (Lipinski definition) is 7. The van der Waals surface area contributed by atoms with Crippen molar-refractivity contribution in [2.45, 2.75) is 70.6 Å². The number of aromatic hydroxyl groups is 1. The van der Waals surface area contributed by atoms with Crippen molar-refractivity contribution in [2.24, 2.45) is 17.4 Å². The van der Waals surface area contributed by atoms with Crippen molar-refractivity contribution in [3.8, 4) is 5.75 Å². The molecule has 0 heterocycles. The molecule has 4 amide bonds. The van der Waals surface area contributed by atoms with Crippen LogP contribution in [0.3, 0.4) is 0 Å². The third-order valence-corrected chi connectivity index (χ3v) is 5.61. The SMILES string of the molecule is CCC(C)C(N)C(=O)NC(CCC(N)=O)C(=O)NC(Cc1ccc(O)cc1)C(=O)NC(C)C(=O)O. The number of primary amides is 1. The van der Waals surface area contributed by atoms with Crippen molar-refractivity contribution in [1.29, 1.82) is 0 Å². The number of amides is 4. The van der Waals surface area contributed by atoms with Crippen LogP contribution in [0.4, 0.5) is 0 Å². The first-order valence-corrected chi connectivity index (χ1v) is 11.3. The predicted octanol–water partition coefficient (Wildman–Crippen LogP) is -0.867. The summed E-state index contributed by atoms with van der Waals surface area (Å²) in [5, 5.41) is 25.9. The van der Waals surface area contributed by atoms with Gasteiger partial charge in [-0.3, -0.25) is 24.0 Å². The second-order valence-corrected chi connectivity index (χ2v) is 8.48. The Hall–Kier alpha value is -3.67. The van der Waals surface area contributed by atoms with E-state index < -0.39 is 53.8 Å². The molecule has 1 aromatic carbocycles. The molecule has 194 valence electrons. The first kappa shape index (κ1) is 29.4. The second kappa shape index (κ2) is 13.9. The van der Waals surface area contributed by atoms with Crippen LogP contribution in [0.1, 0.15) is 45.6 Å². The standard InChI is InChI=1S/C23H35N5O7/c1-4-12(2)19(25)22(33)27-16(9-10-18(24)30)20(31)28-17(21(32)26-13(3)23(34)35)11-14-5-7-15(29)8-6-14/h5-8,12-13,16-17,19,29H,4,9-11,25H2,1-3H3,(H2,24,30)(H,26,32)(H,27,33)(H,28,31)(H,34,35). The van der Waals surface area contributed by atoms with Crippen LogP contribution < -0.4 is 27.4 Å². The van der Waals surface area contributed by atoms with Crippen molar-refractivity contribution in [1.82, 2.24) is 16.0 Å². The van der Waals surface area contributed by atoms with Crippen LogP contribution >= 0.6 is 0 Å². The highest BCUT2D eigenvalue weighted by Crippen LogP contribution is 2.12. The predicted molar refractivity (Wildman–Crippen MR) is 127 cm³/mol. The molecule has 0 radical (unpaired) electrons. The summed E-state index contributed by atoms with van der Waals surface area (Å²) >= 11 is 0. The van der Waals surface area contributed by atoms with E-state index in [2.05, 4.69) is 16.0 Å². The smallest absolute Gasteiger partial charge is 0.325 e. The zero-order valence-electron chi connectivity index (χ0n) is 20.1. The molecule has 5 atom stereocenters. The minimum absolute atomic E-state index is 0.00478. The minimum Gasteiger partial charge on any atom is -0.508 e. The molecule has 35 heavy (non-hydrogen) atoms. The van der Waals surface area contributed by atoms with Crippen LogP contribution in [0, 0.1) is 5.92 Å². The van der Waals surface area contributed by atoms with Gasteiger partial charge in [-0.2, -0.15) is 0 Å². The molecule has 0 aromatic heterocycles. The maximum Gasteiger partial charge on any atom is 0.325 e. The fraction of sp³-hybridized carbons (Fsp3) is 0.522. The third-order valence-electron chi connectivity index (χ3n) is 5.61. The van der Waals surface area contributed by atoms with Gasteiger partial charge in [0, 0.05) is 12.8 Å². The van der Waals surface area contributed by atoms with E-state index in [4.69, 9.17) is 16.6 Å². The average molecular weight is 494 g/mol. The number of carboxylic acid groups (broad SMARTS) is 1. The van der Waals surface area contributed by atoms with Crippen LogP contribution in [0.25, 0.3) is 0 Å². The Morgan fingerprint density at radius 3 is 1.97 bits per heavy atom. The number of rotatable bonds is 14. The fourth-order valence-corrected chi connectivity index (χ4v) is 3.06. The van der Waals surface area contributed by atoms with E-state index in [1.54, 1.807) is 19.1 Å². The Morgan fingerprint density at radius 1 is 0.914 bits per heavy atom. The van der Waals surface area contributed by atoms with Gasteiger partial charge in [0.1, 0.15) is 23.9 Å². The summed E-state index contributed by atoms with van der Waals surface area (Å²) in [6, 6.07) is 1.34. The number of benzene rings is 1. The molecule has 9 N–H and O–H groups in total. The van der Waals surface area contributed by atoms with Crippen LogP contribution in [0.15, 0.2) is 24.3 Å². The van der Waals surface area contributed by atoms with Gasteiger partial charge in [0.05, 0.1) is 6.04 Å². The van der Waals surface area contributed by atoms with E-state index in [1.165, 1.54) is 19.1 Å². The van der Waals surface area contributed by atoms with Gasteiger partial charge in [0.2, 0.25) is 23.6 Å². The molecule has 1 aromatic rings. The molecule has 12 heteroatoms. The molecule has 0 aliphatic carbocycles. The quantitative estimate of drug-likeness (QED) is 0.172. The highest BCUT2D eigenvalue weighted by molar-refractivity contribution is 5.94. The number of phenolic OH excluding ortho intramolecular Hbond substituents is 1. The zero-order valence-corrected chi connectivity index (χ0v) is 20.1. The first-order valence-electron chi connectivity index (χ1n) is 11.3. The number of carbonyl (C=O) groups excluding carboxylic acids is 4. The lowest BCUT2D eigenvalue weighted by atomic mass is 9.98. The molecule has 0 bridgehead atoms. The van der Waals surface area contributed by atoms with Crippen molar-refractivity contribution >= 4 is 29.6 Å².